The molecule has 0 fully saturated rings. The number of carboxylic acids is 2. The van der Waals surface area contributed by atoms with Crippen LogP contribution in [0, 0.1) is 5.82 Å². The Balaban J connectivity index is 0.000000493. The van der Waals surface area contributed by atoms with Crippen molar-refractivity contribution in [2.75, 3.05) is 0 Å². The molecule has 5 aromatic rings. The van der Waals surface area contributed by atoms with Gasteiger partial charge in [-0.3, -0.25) is 4.79 Å². The first-order chi connectivity index (χ1) is 20.8. The Hall–Kier alpha value is -5.38. The van der Waals surface area contributed by atoms with Crippen LogP contribution in [0.5, 0.6) is 0 Å². The van der Waals surface area contributed by atoms with Crippen LogP contribution in [0.15, 0.2) is 65.8 Å². The molecule has 0 aliphatic carbocycles. The van der Waals surface area contributed by atoms with Crippen molar-refractivity contribution in [3.63, 3.8) is 0 Å². The third kappa shape index (κ3) is 6.05. The molecule has 226 valence electrons. The van der Waals surface area contributed by atoms with Gasteiger partial charge in [-0.1, -0.05) is 11.6 Å². The van der Waals surface area contributed by atoms with Gasteiger partial charge < -0.3 is 19.8 Å². The molecule has 0 spiro atoms. The Labute approximate surface area is 248 Å². The lowest BCUT2D eigenvalue weighted by Crippen LogP contribution is -2.23. The molecule has 1 aliphatic heterocycles. The second kappa shape index (κ2) is 11.7. The fraction of sp³-hybridized carbons (Fsp3) is 0.148. The number of benzene rings is 2. The van der Waals surface area contributed by atoms with Gasteiger partial charge in [0.05, 0.1) is 29.2 Å². The van der Waals surface area contributed by atoms with E-state index in [4.69, 9.17) is 21.5 Å². The summed E-state index contributed by atoms with van der Waals surface area (Å²) in [5.41, 5.74) is 3.03. The Bertz CT molecular complexity index is 1940. The number of alkyl halides is 3. The SMILES string of the molecule is O=C(O)C(F)(F)F.O=C(O)c1ccc(F)c(-c2cnc([C@@H]3CCc4cc(-c5cc(Cl)ccc5-n5cnnn5)cc(=O)n43)[nH]2)c1. The highest BCUT2D eigenvalue weighted by Crippen LogP contribution is 2.34. The predicted octanol–water partition coefficient (Wildman–Crippen LogP) is 4.54. The van der Waals surface area contributed by atoms with E-state index in [-0.39, 0.29) is 22.7 Å². The van der Waals surface area contributed by atoms with E-state index in [0.717, 1.165) is 11.8 Å². The Morgan fingerprint density at radius 3 is 2.45 bits per heavy atom. The number of nitrogens with zero attached hydrogens (tertiary/aromatic N) is 6. The number of aromatic nitrogens is 7. The highest BCUT2D eigenvalue weighted by Gasteiger charge is 2.38. The number of hydrogen-bond donors (Lipinski definition) is 3. The number of rotatable bonds is 5. The fourth-order valence-corrected chi connectivity index (χ4v) is 4.90. The highest BCUT2D eigenvalue weighted by atomic mass is 35.5. The molecule has 0 saturated heterocycles. The van der Waals surface area contributed by atoms with Crippen LogP contribution in [0.4, 0.5) is 17.6 Å². The molecule has 0 bridgehead atoms. The van der Waals surface area contributed by atoms with Gasteiger partial charge in [-0.15, -0.1) is 5.10 Å². The van der Waals surface area contributed by atoms with Gasteiger partial charge in [-0.25, -0.2) is 19.0 Å². The maximum Gasteiger partial charge on any atom is 0.490 e. The van der Waals surface area contributed by atoms with Crippen molar-refractivity contribution in [1.82, 2.24) is 34.7 Å². The molecule has 0 amide bonds. The molecule has 44 heavy (non-hydrogen) atoms. The number of aryl methyl sites for hydroxylation is 1. The number of fused-ring (bicyclic) bond motifs is 1. The zero-order valence-corrected chi connectivity index (χ0v) is 22.7. The first-order valence-electron chi connectivity index (χ1n) is 12.5. The lowest BCUT2D eigenvalue weighted by molar-refractivity contribution is -0.192. The summed E-state index contributed by atoms with van der Waals surface area (Å²) in [6, 6.07) is 11.9. The van der Waals surface area contributed by atoms with E-state index < -0.39 is 23.9 Å². The van der Waals surface area contributed by atoms with E-state index in [2.05, 4.69) is 25.5 Å². The number of aromatic carboxylic acids is 1. The molecular weight excluding hydrogens is 614 g/mol. The van der Waals surface area contributed by atoms with E-state index in [1.807, 2.05) is 6.07 Å². The van der Waals surface area contributed by atoms with Gasteiger partial charge in [-0.05, 0) is 71.3 Å². The van der Waals surface area contributed by atoms with E-state index in [0.29, 0.717) is 46.2 Å². The molecule has 3 aromatic heterocycles. The summed E-state index contributed by atoms with van der Waals surface area (Å²) in [6.45, 7) is 0. The number of hydrogen-bond acceptors (Lipinski definition) is 7. The molecule has 0 unspecified atom stereocenters. The number of nitrogens with one attached hydrogen (secondary N) is 1. The van der Waals surface area contributed by atoms with E-state index in [1.54, 1.807) is 22.8 Å². The van der Waals surface area contributed by atoms with Crippen LogP contribution < -0.4 is 5.56 Å². The third-order valence-electron chi connectivity index (χ3n) is 6.66. The molecule has 6 rings (SSSR count). The van der Waals surface area contributed by atoms with Crippen molar-refractivity contribution in [2.24, 2.45) is 0 Å². The normalized spacial score (nSPS) is 14.1. The van der Waals surface area contributed by atoms with Gasteiger partial charge in [0.1, 0.15) is 18.0 Å². The number of H-pyrrole nitrogens is 1. The van der Waals surface area contributed by atoms with Crippen molar-refractivity contribution in [3.8, 4) is 28.1 Å². The van der Waals surface area contributed by atoms with Crippen LogP contribution in [-0.4, -0.2) is 63.1 Å². The predicted molar refractivity (Wildman–Crippen MR) is 145 cm³/mol. The number of carboxylic acid groups (broad SMARTS) is 2. The van der Waals surface area contributed by atoms with E-state index >= 15 is 0 Å². The van der Waals surface area contributed by atoms with Crippen molar-refractivity contribution in [1.29, 1.82) is 0 Å². The molecule has 2 aromatic carbocycles. The number of aliphatic carboxylic acids is 1. The molecule has 17 heteroatoms. The summed E-state index contributed by atoms with van der Waals surface area (Å²) in [5.74, 6) is -4.00. The lowest BCUT2D eigenvalue weighted by atomic mass is 10.0. The number of carbonyl (C=O) groups is 2. The molecular formula is C27H18ClF4N7O5. The van der Waals surface area contributed by atoms with Gasteiger partial charge in [-0.2, -0.15) is 17.9 Å². The van der Waals surface area contributed by atoms with Crippen LogP contribution in [0.1, 0.15) is 34.3 Å². The zero-order chi connectivity index (χ0) is 31.8. The molecule has 1 aliphatic rings. The number of halogens is 5. The summed E-state index contributed by atoms with van der Waals surface area (Å²) < 4.78 is 49.4. The summed E-state index contributed by atoms with van der Waals surface area (Å²) >= 11 is 6.26. The summed E-state index contributed by atoms with van der Waals surface area (Å²) in [6.07, 6.45) is -0.945. The van der Waals surface area contributed by atoms with Gasteiger partial charge in [0.2, 0.25) is 0 Å². The number of pyridine rings is 1. The first kappa shape index (κ1) is 30.1. The monoisotopic (exact) mass is 631 g/mol. The molecule has 0 saturated carbocycles. The third-order valence-corrected chi connectivity index (χ3v) is 6.89. The zero-order valence-electron chi connectivity index (χ0n) is 22.0. The van der Waals surface area contributed by atoms with Crippen LogP contribution >= 0.6 is 11.6 Å². The summed E-state index contributed by atoms with van der Waals surface area (Å²) in [4.78, 5) is 41.0. The van der Waals surface area contributed by atoms with Gasteiger partial charge in [0.25, 0.3) is 5.56 Å². The summed E-state index contributed by atoms with van der Waals surface area (Å²) in [5, 5.41) is 28.2. The summed E-state index contributed by atoms with van der Waals surface area (Å²) in [7, 11) is 0. The minimum Gasteiger partial charge on any atom is -0.478 e. The van der Waals surface area contributed by atoms with Crippen molar-refractivity contribution in [3.05, 3.63) is 99.3 Å². The number of imidazole rings is 1. The standard InChI is InChI=1S/C25H17ClFN7O3.C2HF3O2/c26-15-2-5-21(33-12-29-31-32-33)17(10-15)14-7-16-3-6-22(34(16)23(35)9-14)24-28-11-20(30-24)18-8-13(25(36)37)1-4-19(18)27;3-2(4,5)1(6)7/h1-2,4-5,7-12,22H,3,6H2,(H,28,30)(H,36,37);(H,6,7)/t22-;/m0./s1. The molecule has 4 heterocycles. The topological polar surface area (TPSA) is 169 Å². The minimum absolute atomic E-state index is 0.0374. The van der Waals surface area contributed by atoms with E-state index in [1.165, 1.54) is 35.4 Å². The number of tetrazole rings is 1. The second-order valence-electron chi connectivity index (χ2n) is 9.40. The Kier molecular flexibility index (Phi) is 8.01. The van der Waals surface area contributed by atoms with Crippen LogP contribution in [0.3, 0.4) is 0 Å². The molecule has 0 radical (unpaired) electrons. The maximum atomic E-state index is 14.5. The molecule has 3 N–H and O–H groups in total. The highest BCUT2D eigenvalue weighted by molar-refractivity contribution is 6.31. The second-order valence-corrected chi connectivity index (χ2v) is 9.84. The van der Waals surface area contributed by atoms with Crippen molar-refractivity contribution >= 4 is 23.5 Å². The van der Waals surface area contributed by atoms with E-state index in [9.17, 15) is 32.3 Å². The average Bonchev–Trinajstić information content (AvgIpc) is 3.74. The largest absolute Gasteiger partial charge is 0.490 e. The van der Waals surface area contributed by atoms with Crippen LogP contribution in [0.25, 0.3) is 28.1 Å². The van der Waals surface area contributed by atoms with Crippen LogP contribution in [-0.2, 0) is 11.2 Å². The Morgan fingerprint density at radius 2 is 1.80 bits per heavy atom. The maximum absolute atomic E-state index is 14.5. The Morgan fingerprint density at radius 1 is 1.05 bits per heavy atom. The number of aromatic amines is 1. The molecule has 1 atom stereocenters. The lowest BCUT2D eigenvalue weighted by Gasteiger charge is -2.15. The molecule has 12 nitrogen and oxygen atoms in total. The van der Waals surface area contributed by atoms with Crippen LogP contribution in [0.2, 0.25) is 5.02 Å². The smallest absolute Gasteiger partial charge is 0.478 e. The van der Waals surface area contributed by atoms with Gasteiger partial charge >= 0.3 is 18.1 Å². The van der Waals surface area contributed by atoms with Crippen molar-refractivity contribution < 1.29 is 37.4 Å². The fourth-order valence-electron chi connectivity index (χ4n) is 4.73. The first-order valence-corrected chi connectivity index (χ1v) is 12.9. The van der Waals surface area contributed by atoms with Crippen molar-refractivity contribution in [2.45, 2.75) is 25.1 Å². The van der Waals surface area contributed by atoms with Gasteiger partial charge in [0.15, 0.2) is 0 Å². The van der Waals surface area contributed by atoms with Gasteiger partial charge in [0, 0.05) is 27.9 Å². The average molecular weight is 632 g/mol. The quantitative estimate of drug-likeness (QED) is 0.236. The minimum atomic E-state index is -5.08.